The summed E-state index contributed by atoms with van der Waals surface area (Å²) in [6.45, 7) is 4.79. The van der Waals surface area contributed by atoms with Crippen molar-refractivity contribution >= 4 is 0 Å². The minimum Gasteiger partial charge on any atom is -0.378 e. The topological polar surface area (TPSA) is 80.1 Å². The summed E-state index contributed by atoms with van der Waals surface area (Å²) >= 11 is 0. The van der Waals surface area contributed by atoms with Gasteiger partial charge < -0.3 is 9.26 Å². The van der Waals surface area contributed by atoms with Crippen molar-refractivity contribution in [3.8, 4) is 0 Å². The molecule has 3 heterocycles. The first kappa shape index (κ1) is 11.4. The van der Waals surface area contributed by atoms with Crippen molar-refractivity contribution < 1.29 is 9.26 Å². The highest BCUT2D eigenvalue weighted by Crippen LogP contribution is 2.23. The summed E-state index contributed by atoms with van der Waals surface area (Å²) in [5.74, 6) is 1.69. The van der Waals surface area contributed by atoms with E-state index in [-0.39, 0.29) is 6.04 Å². The van der Waals surface area contributed by atoms with Crippen LogP contribution in [0.4, 0.5) is 0 Å². The summed E-state index contributed by atoms with van der Waals surface area (Å²) in [6.07, 6.45) is 1.51. The van der Waals surface area contributed by atoms with Gasteiger partial charge in [-0.2, -0.15) is 5.10 Å². The first-order valence-corrected chi connectivity index (χ1v) is 5.92. The van der Waals surface area contributed by atoms with Crippen molar-refractivity contribution in [2.45, 2.75) is 19.5 Å². The summed E-state index contributed by atoms with van der Waals surface area (Å²) in [6, 6.07) is 2.04. The molecule has 0 radical (unpaired) electrons. The first-order chi connectivity index (χ1) is 8.83. The largest absolute Gasteiger partial charge is 0.378 e. The Morgan fingerprint density at radius 2 is 2.50 bits per heavy atom. The number of aromatic amines is 1. The molecule has 3 rings (SSSR count). The number of ether oxygens (including phenoxy) is 1. The van der Waals surface area contributed by atoms with Crippen LogP contribution in [-0.4, -0.2) is 45.0 Å². The smallest absolute Gasteiger partial charge is 0.150 e. The van der Waals surface area contributed by atoms with Crippen LogP contribution in [0.1, 0.15) is 23.3 Å². The molecule has 7 nitrogen and oxygen atoms in total. The molecule has 1 unspecified atom stereocenters. The highest BCUT2D eigenvalue weighted by Gasteiger charge is 2.27. The highest BCUT2D eigenvalue weighted by atomic mass is 16.5. The molecule has 2 aromatic heterocycles. The van der Waals surface area contributed by atoms with E-state index in [0.29, 0.717) is 13.2 Å². The normalized spacial score (nSPS) is 21.3. The third-order valence-electron chi connectivity index (χ3n) is 3.02. The molecule has 0 aromatic carbocycles. The number of hydrogen-bond donors (Lipinski definition) is 1. The van der Waals surface area contributed by atoms with Crippen LogP contribution >= 0.6 is 0 Å². The Labute approximate surface area is 104 Å². The lowest BCUT2D eigenvalue weighted by molar-refractivity contribution is -0.0191. The molecule has 96 valence electrons. The summed E-state index contributed by atoms with van der Waals surface area (Å²) in [4.78, 5) is 6.46. The molecule has 1 aliphatic heterocycles. The maximum atomic E-state index is 5.50. The third-order valence-corrected chi connectivity index (χ3v) is 3.02. The molecule has 2 aromatic rings. The van der Waals surface area contributed by atoms with E-state index in [1.807, 2.05) is 13.0 Å². The zero-order valence-corrected chi connectivity index (χ0v) is 10.2. The molecule has 18 heavy (non-hydrogen) atoms. The number of rotatable bonds is 3. The quantitative estimate of drug-likeness (QED) is 0.861. The van der Waals surface area contributed by atoms with Crippen molar-refractivity contribution in [1.82, 2.24) is 25.2 Å². The maximum absolute atomic E-state index is 5.50. The molecule has 0 aliphatic carbocycles. The molecule has 7 heteroatoms. The third kappa shape index (κ3) is 2.27. The maximum Gasteiger partial charge on any atom is 0.150 e. The van der Waals surface area contributed by atoms with Crippen LogP contribution in [0, 0.1) is 6.92 Å². The van der Waals surface area contributed by atoms with Crippen molar-refractivity contribution in [3.05, 3.63) is 29.7 Å². The number of H-pyrrole nitrogens is 1. The fourth-order valence-electron chi connectivity index (χ4n) is 2.15. The minimum atomic E-state index is 0.0895. The van der Waals surface area contributed by atoms with Gasteiger partial charge in [0.1, 0.15) is 12.2 Å². The first-order valence-electron chi connectivity index (χ1n) is 5.92. The standard InChI is InChI=1S/C11H15N5O2/c1-8-4-9(18-15-8)5-16-2-3-17-6-10(16)11-12-7-13-14-11/h4,7,10H,2-3,5-6H2,1H3,(H,12,13,14). The summed E-state index contributed by atoms with van der Waals surface area (Å²) < 4.78 is 10.8. The Bertz CT molecular complexity index is 495. The molecule has 0 amide bonds. The van der Waals surface area contributed by atoms with Gasteiger partial charge in [0.05, 0.1) is 31.5 Å². The fraction of sp³-hybridized carbons (Fsp3) is 0.545. The van der Waals surface area contributed by atoms with E-state index < -0.39 is 0 Å². The average molecular weight is 249 g/mol. The lowest BCUT2D eigenvalue weighted by Crippen LogP contribution is -2.39. The Kier molecular flexibility index (Phi) is 3.07. The van der Waals surface area contributed by atoms with Gasteiger partial charge in [-0.25, -0.2) is 4.98 Å². The Morgan fingerprint density at radius 3 is 3.22 bits per heavy atom. The van der Waals surface area contributed by atoms with E-state index >= 15 is 0 Å². The van der Waals surface area contributed by atoms with Crippen molar-refractivity contribution in [2.24, 2.45) is 0 Å². The average Bonchev–Trinajstić information content (AvgIpc) is 3.02. The molecule has 1 atom stereocenters. The SMILES string of the molecule is Cc1cc(CN2CCOCC2c2ncn[nH]2)on1. The highest BCUT2D eigenvalue weighted by molar-refractivity contribution is 5.04. The van der Waals surface area contributed by atoms with Crippen LogP contribution in [-0.2, 0) is 11.3 Å². The molecule has 1 N–H and O–H groups in total. The van der Waals surface area contributed by atoms with Gasteiger partial charge in [0, 0.05) is 12.6 Å². The van der Waals surface area contributed by atoms with Crippen LogP contribution in [0.15, 0.2) is 16.9 Å². The van der Waals surface area contributed by atoms with Crippen LogP contribution in [0.3, 0.4) is 0 Å². The number of morpholine rings is 1. The van der Waals surface area contributed by atoms with Gasteiger partial charge in [-0.3, -0.25) is 10.00 Å². The predicted molar refractivity (Wildman–Crippen MR) is 61.6 cm³/mol. The Balaban J connectivity index is 1.76. The fourth-order valence-corrected chi connectivity index (χ4v) is 2.15. The molecule has 0 bridgehead atoms. The molecule has 1 fully saturated rings. The summed E-state index contributed by atoms with van der Waals surface area (Å²) in [7, 11) is 0. The number of aryl methyl sites for hydroxylation is 1. The Morgan fingerprint density at radius 1 is 1.56 bits per heavy atom. The lowest BCUT2D eigenvalue weighted by atomic mass is 10.2. The molecule has 1 aliphatic rings. The van der Waals surface area contributed by atoms with Crippen LogP contribution in [0.25, 0.3) is 0 Å². The zero-order valence-electron chi connectivity index (χ0n) is 10.2. The second kappa shape index (κ2) is 4.87. The van der Waals surface area contributed by atoms with Gasteiger partial charge in [0.25, 0.3) is 0 Å². The van der Waals surface area contributed by atoms with Gasteiger partial charge in [-0.15, -0.1) is 0 Å². The zero-order chi connectivity index (χ0) is 12.4. The number of nitrogens with zero attached hydrogens (tertiary/aromatic N) is 4. The second-order valence-corrected chi connectivity index (χ2v) is 4.37. The van der Waals surface area contributed by atoms with Crippen molar-refractivity contribution in [1.29, 1.82) is 0 Å². The van der Waals surface area contributed by atoms with Crippen molar-refractivity contribution in [2.75, 3.05) is 19.8 Å². The number of nitrogens with one attached hydrogen (secondary N) is 1. The van der Waals surface area contributed by atoms with Gasteiger partial charge in [0.2, 0.25) is 0 Å². The van der Waals surface area contributed by atoms with E-state index in [2.05, 4.69) is 25.2 Å². The van der Waals surface area contributed by atoms with E-state index in [9.17, 15) is 0 Å². The van der Waals surface area contributed by atoms with Gasteiger partial charge >= 0.3 is 0 Å². The number of hydrogen-bond acceptors (Lipinski definition) is 6. The minimum absolute atomic E-state index is 0.0895. The molecular weight excluding hydrogens is 234 g/mol. The van der Waals surface area contributed by atoms with Gasteiger partial charge in [-0.05, 0) is 6.92 Å². The van der Waals surface area contributed by atoms with Crippen LogP contribution < -0.4 is 0 Å². The molecular formula is C11H15N5O2. The van der Waals surface area contributed by atoms with Gasteiger partial charge in [0.15, 0.2) is 5.76 Å². The number of aromatic nitrogens is 4. The lowest BCUT2D eigenvalue weighted by Gasteiger charge is -2.33. The monoisotopic (exact) mass is 249 g/mol. The van der Waals surface area contributed by atoms with E-state index in [1.165, 1.54) is 6.33 Å². The summed E-state index contributed by atoms with van der Waals surface area (Å²) in [5.41, 5.74) is 0.898. The van der Waals surface area contributed by atoms with E-state index in [4.69, 9.17) is 9.26 Å². The van der Waals surface area contributed by atoms with E-state index in [1.54, 1.807) is 0 Å². The van der Waals surface area contributed by atoms with Crippen LogP contribution in [0.2, 0.25) is 0 Å². The van der Waals surface area contributed by atoms with Gasteiger partial charge in [-0.1, -0.05) is 5.16 Å². The Hall–Kier alpha value is -1.73. The predicted octanol–water partition coefficient (Wildman–Crippen LogP) is 0.675. The van der Waals surface area contributed by atoms with E-state index in [0.717, 1.165) is 30.4 Å². The molecule has 1 saturated heterocycles. The molecule has 0 saturated carbocycles. The summed E-state index contributed by atoms with van der Waals surface area (Å²) in [5, 5.41) is 10.7. The van der Waals surface area contributed by atoms with Crippen molar-refractivity contribution in [3.63, 3.8) is 0 Å². The molecule has 0 spiro atoms. The van der Waals surface area contributed by atoms with Crippen LogP contribution in [0.5, 0.6) is 0 Å². The second-order valence-electron chi connectivity index (χ2n) is 4.37.